The molecule has 0 fully saturated rings. The third-order valence-electron chi connectivity index (χ3n) is 2.80. The van der Waals surface area contributed by atoms with E-state index >= 15 is 0 Å². The van der Waals surface area contributed by atoms with Gasteiger partial charge >= 0.3 is 0 Å². The van der Waals surface area contributed by atoms with Crippen LogP contribution in [0.4, 0.5) is 0 Å². The monoisotopic (exact) mass is 194 g/mol. The van der Waals surface area contributed by atoms with E-state index in [1.54, 1.807) is 0 Å². The Morgan fingerprint density at radius 3 is 3.14 bits per heavy atom. The van der Waals surface area contributed by atoms with Crippen LogP contribution in [0, 0.1) is 0 Å². The molecule has 14 heavy (non-hydrogen) atoms. The minimum Gasteiger partial charge on any atom is -0.361 e. The molecule has 0 aromatic carbocycles. The summed E-state index contributed by atoms with van der Waals surface area (Å²) in [5.74, 6) is 0. The van der Waals surface area contributed by atoms with Crippen molar-refractivity contribution in [3.63, 3.8) is 0 Å². The highest BCUT2D eigenvalue weighted by atomic mass is 16.5. The molecule has 0 spiro atoms. The zero-order valence-corrected chi connectivity index (χ0v) is 8.70. The fourth-order valence-corrected chi connectivity index (χ4v) is 2.06. The average molecular weight is 194 g/mol. The number of hydrogen-bond donors (Lipinski definition) is 1. The van der Waals surface area contributed by atoms with Gasteiger partial charge in [0.25, 0.3) is 0 Å². The first-order valence-electron chi connectivity index (χ1n) is 5.33. The van der Waals surface area contributed by atoms with Crippen LogP contribution in [0.3, 0.4) is 0 Å². The molecular weight excluding hydrogens is 176 g/mol. The second-order valence-electron chi connectivity index (χ2n) is 3.87. The summed E-state index contributed by atoms with van der Waals surface area (Å²) in [4.78, 5) is 0. The normalized spacial score (nSPS) is 20.9. The number of hydrogen-bond acceptors (Lipinski definition) is 2. The molecule has 0 bridgehead atoms. The standard InChI is InChI=1S/C11H18N2O/c1-2-14-8-13-6-9-4-3-5-11(12)10(9)7-13/h6-7,11H,2-5,8,12H2,1H3. The molecule has 2 N–H and O–H groups in total. The average Bonchev–Trinajstić information content (AvgIpc) is 2.59. The van der Waals surface area contributed by atoms with Crippen molar-refractivity contribution >= 4 is 0 Å². The molecular formula is C11H18N2O. The Kier molecular flexibility index (Phi) is 2.89. The highest BCUT2D eigenvalue weighted by Crippen LogP contribution is 2.28. The molecule has 0 saturated carbocycles. The molecule has 1 aromatic heterocycles. The highest BCUT2D eigenvalue weighted by Gasteiger charge is 2.18. The number of nitrogens with two attached hydrogens (primary N) is 1. The van der Waals surface area contributed by atoms with Crippen LogP contribution in [-0.4, -0.2) is 11.2 Å². The van der Waals surface area contributed by atoms with Crippen LogP contribution < -0.4 is 5.73 Å². The lowest BCUT2D eigenvalue weighted by Gasteiger charge is -2.17. The quantitative estimate of drug-likeness (QED) is 0.797. The third kappa shape index (κ3) is 1.83. The van der Waals surface area contributed by atoms with Gasteiger partial charge in [-0.1, -0.05) is 0 Å². The minimum absolute atomic E-state index is 0.238. The lowest BCUT2D eigenvalue weighted by atomic mass is 9.92. The second-order valence-corrected chi connectivity index (χ2v) is 3.87. The summed E-state index contributed by atoms with van der Waals surface area (Å²) in [7, 11) is 0. The van der Waals surface area contributed by atoms with Gasteiger partial charge in [-0.2, -0.15) is 0 Å². The maximum Gasteiger partial charge on any atom is 0.122 e. The lowest BCUT2D eigenvalue weighted by Crippen LogP contribution is -2.15. The van der Waals surface area contributed by atoms with E-state index in [4.69, 9.17) is 10.5 Å². The molecule has 1 aliphatic carbocycles. The first kappa shape index (κ1) is 9.74. The van der Waals surface area contributed by atoms with E-state index in [0.29, 0.717) is 6.73 Å². The molecule has 0 aliphatic heterocycles. The number of aromatic nitrogens is 1. The van der Waals surface area contributed by atoms with Gasteiger partial charge in [0.1, 0.15) is 6.73 Å². The SMILES string of the molecule is CCOCn1cc2c(c1)C(N)CCC2. The number of aryl methyl sites for hydroxylation is 1. The van der Waals surface area contributed by atoms with Crippen LogP contribution in [0.15, 0.2) is 12.4 Å². The fourth-order valence-electron chi connectivity index (χ4n) is 2.06. The smallest absolute Gasteiger partial charge is 0.122 e. The zero-order valence-electron chi connectivity index (χ0n) is 8.70. The van der Waals surface area contributed by atoms with Crippen LogP contribution in [0.25, 0.3) is 0 Å². The van der Waals surface area contributed by atoms with Crippen LogP contribution >= 0.6 is 0 Å². The van der Waals surface area contributed by atoms with Gasteiger partial charge in [0.15, 0.2) is 0 Å². The van der Waals surface area contributed by atoms with Crippen LogP contribution in [-0.2, 0) is 17.9 Å². The molecule has 0 amide bonds. The van der Waals surface area contributed by atoms with Gasteiger partial charge in [0.05, 0.1) is 0 Å². The Bertz CT molecular complexity index is 306. The summed E-state index contributed by atoms with van der Waals surface area (Å²) in [6.07, 6.45) is 7.81. The maximum absolute atomic E-state index is 6.03. The number of nitrogens with zero attached hydrogens (tertiary/aromatic N) is 1. The molecule has 1 aromatic rings. The molecule has 1 heterocycles. The fraction of sp³-hybridized carbons (Fsp3) is 0.636. The summed E-state index contributed by atoms with van der Waals surface area (Å²) in [6.45, 7) is 3.42. The predicted octanol–water partition coefficient (Wildman–Crippen LogP) is 1.82. The number of ether oxygens (including phenoxy) is 1. The third-order valence-corrected chi connectivity index (χ3v) is 2.80. The second kappa shape index (κ2) is 4.15. The lowest BCUT2D eigenvalue weighted by molar-refractivity contribution is 0.0880. The van der Waals surface area contributed by atoms with Crippen molar-refractivity contribution < 1.29 is 4.74 Å². The summed E-state index contributed by atoms with van der Waals surface area (Å²) in [6, 6.07) is 0.238. The summed E-state index contributed by atoms with van der Waals surface area (Å²) >= 11 is 0. The Morgan fingerprint density at radius 2 is 2.43 bits per heavy atom. The van der Waals surface area contributed by atoms with Crippen molar-refractivity contribution in [1.29, 1.82) is 0 Å². The van der Waals surface area contributed by atoms with E-state index in [1.165, 1.54) is 24.0 Å². The van der Waals surface area contributed by atoms with E-state index in [-0.39, 0.29) is 6.04 Å². The van der Waals surface area contributed by atoms with Crippen molar-refractivity contribution in [2.24, 2.45) is 5.73 Å². The van der Waals surface area contributed by atoms with Crippen LogP contribution in [0.2, 0.25) is 0 Å². The highest BCUT2D eigenvalue weighted by molar-refractivity contribution is 5.29. The molecule has 3 heteroatoms. The molecule has 78 valence electrons. The maximum atomic E-state index is 6.03. The summed E-state index contributed by atoms with van der Waals surface area (Å²) < 4.78 is 7.45. The summed E-state index contributed by atoms with van der Waals surface area (Å²) in [5.41, 5.74) is 8.76. The molecule has 1 atom stereocenters. The van der Waals surface area contributed by atoms with Crippen LogP contribution in [0.1, 0.15) is 36.9 Å². The van der Waals surface area contributed by atoms with Crippen molar-refractivity contribution in [1.82, 2.24) is 4.57 Å². The first-order valence-corrected chi connectivity index (χ1v) is 5.33. The van der Waals surface area contributed by atoms with E-state index in [0.717, 1.165) is 13.0 Å². The van der Waals surface area contributed by atoms with Gasteiger partial charge in [-0.3, -0.25) is 0 Å². The molecule has 0 radical (unpaired) electrons. The first-order chi connectivity index (χ1) is 6.81. The van der Waals surface area contributed by atoms with Gasteiger partial charge in [-0.05, 0) is 37.3 Å². The Balaban J connectivity index is 2.13. The molecule has 0 saturated heterocycles. The van der Waals surface area contributed by atoms with Gasteiger partial charge in [-0.15, -0.1) is 0 Å². The van der Waals surface area contributed by atoms with Crippen molar-refractivity contribution in [3.8, 4) is 0 Å². The van der Waals surface area contributed by atoms with E-state index in [2.05, 4.69) is 17.0 Å². The minimum atomic E-state index is 0.238. The Hall–Kier alpha value is -0.800. The van der Waals surface area contributed by atoms with E-state index < -0.39 is 0 Å². The topological polar surface area (TPSA) is 40.2 Å². The van der Waals surface area contributed by atoms with E-state index in [9.17, 15) is 0 Å². The van der Waals surface area contributed by atoms with Crippen LogP contribution in [0.5, 0.6) is 0 Å². The van der Waals surface area contributed by atoms with E-state index in [1.807, 2.05) is 6.92 Å². The molecule has 2 rings (SSSR count). The summed E-state index contributed by atoms with van der Waals surface area (Å²) in [5, 5.41) is 0. The zero-order chi connectivity index (χ0) is 9.97. The number of fused-ring (bicyclic) bond motifs is 1. The largest absolute Gasteiger partial charge is 0.361 e. The number of rotatable bonds is 3. The van der Waals surface area contributed by atoms with Crippen molar-refractivity contribution in [2.75, 3.05) is 6.61 Å². The van der Waals surface area contributed by atoms with Crippen molar-refractivity contribution in [2.45, 2.75) is 39.0 Å². The van der Waals surface area contributed by atoms with Gasteiger partial charge in [-0.25, -0.2) is 0 Å². The Labute approximate surface area is 84.9 Å². The molecule has 1 aliphatic rings. The van der Waals surface area contributed by atoms with Gasteiger partial charge in [0, 0.05) is 25.0 Å². The van der Waals surface area contributed by atoms with Gasteiger partial charge < -0.3 is 15.0 Å². The predicted molar refractivity (Wildman–Crippen MR) is 55.9 cm³/mol. The van der Waals surface area contributed by atoms with Gasteiger partial charge in [0.2, 0.25) is 0 Å². The molecule has 1 unspecified atom stereocenters. The van der Waals surface area contributed by atoms with Crippen molar-refractivity contribution in [3.05, 3.63) is 23.5 Å². The Morgan fingerprint density at radius 1 is 1.57 bits per heavy atom. The molecule has 3 nitrogen and oxygen atoms in total.